The first-order chi connectivity index (χ1) is 21.5. The third-order valence-electron chi connectivity index (χ3n) is 7.55. The molecule has 0 aromatic heterocycles. The zero-order valence-corrected chi connectivity index (χ0v) is 26.8. The molecule has 0 bridgehead atoms. The SMILES string of the molecule is CNC(=O)OCCCC(C)(C)CN(C[C@@H](O)[C@@H](N)Cc1ccc(OCc2ccccc2)cc1)S(=O)(=O)c1ccc2c(c1)OCO2. The zero-order chi connectivity index (χ0) is 32.5. The fourth-order valence-electron chi connectivity index (χ4n) is 4.99. The summed E-state index contributed by atoms with van der Waals surface area (Å²) in [4.78, 5) is 11.4. The van der Waals surface area contributed by atoms with Crippen molar-refractivity contribution < 1.29 is 37.3 Å². The Kier molecular flexibility index (Phi) is 11.7. The number of rotatable bonds is 16. The maximum Gasteiger partial charge on any atom is 0.406 e. The summed E-state index contributed by atoms with van der Waals surface area (Å²) in [6.45, 7) is 4.41. The Morgan fingerprint density at radius 1 is 1.04 bits per heavy atom. The molecule has 0 spiro atoms. The van der Waals surface area contributed by atoms with E-state index in [9.17, 15) is 18.3 Å². The minimum atomic E-state index is -4.07. The normalized spacial score (nSPS) is 14.2. The summed E-state index contributed by atoms with van der Waals surface area (Å²) in [5, 5.41) is 13.6. The quantitative estimate of drug-likeness (QED) is 0.197. The third kappa shape index (κ3) is 9.82. The topological polar surface area (TPSA) is 150 Å². The van der Waals surface area contributed by atoms with Crippen molar-refractivity contribution in [2.75, 3.05) is 33.5 Å². The molecule has 1 amide bonds. The second-order valence-corrected chi connectivity index (χ2v) is 13.8. The summed E-state index contributed by atoms with van der Waals surface area (Å²) in [6, 6.07) is 21.1. The van der Waals surface area contributed by atoms with Crippen molar-refractivity contribution in [2.45, 2.75) is 56.8 Å². The van der Waals surface area contributed by atoms with Gasteiger partial charge in [0.15, 0.2) is 11.5 Å². The van der Waals surface area contributed by atoms with Crippen molar-refractivity contribution in [2.24, 2.45) is 11.1 Å². The lowest BCUT2D eigenvalue weighted by Crippen LogP contribution is -2.49. The second-order valence-electron chi connectivity index (χ2n) is 11.8. The van der Waals surface area contributed by atoms with Crippen LogP contribution in [0, 0.1) is 5.41 Å². The lowest BCUT2D eigenvalue weighted by atomic mass is 9.87. The number of nitrogens with one attached hydrogen (secondary N) is 1. The molecule has 1 aliphatic heterocycles. The minimum Gasteiger partial charge on any atom is -0.489 e. The molecule has 0 saturated carbocycles. The number of carbonyl (C=O) groups excluding carboxylic acids is 1. The fraction of sp³-hybridized carbons (Fsp3) is 0.424. The Bertz CT molecular complexity index is 1500. The molecular weight excluding hydrogens is 598 g/mol. The molecule has 4 N–H and O–H groups in total. The Balaban J connectivity index is 1.43. The van der Waals surface area contributed by atoms with Crippen molar-refractivity contribution in [1.29, 1.82) is 0 Å². The first-order valence-electron chi connectivity index (χ1n) is 14.9. The maximum atomic E-state index is 14.0. The molecule has 0 aliphatic carbocycles. The molecule has 11 nitrogen and oxygen atoms in total. The summed E-state index contributed by atoms with van der Waals surface area (Å²) in [6.07, 6.45) is -0.247. The number of ether oxygens (including phenoxy) is 4. The first-order valence-corrected chi connectivity index (χ1v) is 16.3. The smallest absolute Gasteiger partial charge is 0.406 e. The van der Waals surface area contributed by atoms with Gasteiger partial charge in [0, 0.05) is 32.2 Å². The van der Waals surface area contributed by atoms with E-state index < -0.39 is 33.7 Å². The number of hydrogen-bond donors (Lipinski definition) is 3. The standard InChI is InChI=1S/C33H43N3O8S/c1-33(2,16-7-17-41-32(38)35-3)22-36(45(39,40)27-14-15-30-31(19-27)44-23-43-30)20-29(37)28(34)18-24-10-12-26(13-11-24)42-21-25-8-5-4-6-9-25/h4-6,8-15,19,28-29,37H,7,16-18,20-23,34H2,1-3H3,(H,35,38)/t28-,29+/m0/s1. The summed E-state index contributed by atoms with van der Waals surface area (Å²) < 4.78 is 50.9. The number of fused-ring (bicyclic) bond motifs is 1. The molecule has 2 atom stereocenters. The number of amides is 1. The van der Waals surface area contributed by atoms with Gasteiger partial charge in [0.25, 0.3) is 0 Å². The third-order valence-corrected chi connectivity index (χ3v) is 9.36. The molecule has 244 valence electrons. The predicted octanol–water partition coefficient (Wildman–Crippen LogP) is 4.08. The van der Waals surface area contributed by atoms with Gasteiger partial charge >= 0.3 is 6.09 Å². The molecule has 0 radical (unpaired) electrons. The number of nitrogens with two attached hydrogens (primary N) is 1. The number of aliphatic hydroxyl groups excluding tert-OH is 1. The van der Waals surface area contributed by atoms with Crippen molar-refractivity contribution in [1.82, 2.24) is 9.62 Å². The van der Waals surface area contributed by atoms with Crippen molar-refractivity contribution >= 4 is 16.1 Å². The van der Waals surface area contributed by atoms with E-state index in [0.717, 1.165) is 11.1 Å². The molecule has 0 saturated heterocycles. The monoisotopic (exact) mass is 641 g/mol. The molecule has 0 unspecified atom stereocenters. The Morgan fingerprint density at radius 3 is 2.47 bits per heavy atom. The number of nitrogens with zero attached hydrogens (tertiary/aromatic N) is 1. The average molecular weight is 642 g/mol. The Morgan fingerprint density at radius 2 is 1.76 bits per heavy atom. The van der Waals surface area contributed by atoms with Gasteiger partial charge in [-0.15, -0.1) is 0 Å². The van der Waals surface area contributed by atoms with Crippen LogP contribution in [0.3, 0.4) is 0 Å². The number of benzene rings is 3. The number of alkyl carbamates (subject to hydrolysis) is 1. The number of sulfonamides is 1. The van der Waals surface area contributed by atoms with E-state index in [0.29, 0.717) is 43.1 Å². The molecule has 0 fully saturated rings. The van der Waals surface area contributed by atoms with Gasteiger partial charge in [-0.05, 0) is 60.1 Å². The van der Waals surface area contributed by atoms with Crippen LogP contribution in [0.5, 0.6) is 17.2 Å². The summed E-state index contributed by atoms with van der Waals surface area (Å²) in [5.74, 6) is 1.52. The van der Waals surface area contributed by atoms with E-state index >= 15 is 0 Å². The van der Waals surface area contributed by atoms with E-state index in [4.69, 9.17) is 24.7 Å². The molecule has 45 heavy (non-hydrogen) atoms. The summed E-state index contributed by atoms with van der Waals surface area (Å²) in [7, 11) is -2.59. The van der Waals surface area contributed by atoms with Crippen LogP contribution in [0.15, 0.2) is 77.7 Å². The lowest BCUT2D eigenvalue weighted by Gasteiger charge is -2.34. The van der Waals surface area contributed by atoms with Gasteiger partial charge in [0.1, 0.15) is 12.4 Å². The van der Waals surface area contributed by atoms with E-state index in [-0.39, 0.29) is 31.4 Å². The first kappa shape index (κ1) is 34.0. The van der Waals surface area contributed by atoms with Gasteiger partial charge in [-0.1, -0.05) is 56.3 Å². The molecule has 1 heterocycles. The van der Waals surface area contributed by atoms with Gasteiger partial charge in [-0.2, -0.15) is 4.31 Å². The lowest BCUT2D eigenvalue weighted by molar-refractivity contribution is 0.102. The largest absolute Gasteiger partial charge is 0.489 e. The number of carbonyl (C=O) groups is 1. The van der Waals surface area contributed by atoms with Crippen LogP contribution in [-0.4, -0.2) is 69.6 Å². The van der Waals surface area contributed by atoms with Crippen LogP contribution >= 0.6 is 0 Å². The zero-order valence-electron chi connectivity index (χ0n) is 26.0. The summed E-state index contributed by atoms with van der Waals surface area (Å²) >= 11 is 0. The molecule has 1 aliphatic rings. The molecule has 3 aromatic carbocycles. The van der Waals surface area contributed by atoms with Crippen LogP contribution in [0.1, 0.15) is 37.8 Å². The van der Waals surface area contributed by atoms with E-state index in [2.05, 4.69) is 5.32 Å². The maximum absolute atomic E-state index is 14.0. The highest BCUT2D eigenvalue weighted by molar-refractivity contribution is 7.89. The number of aliphatic hydroxyl groups is 1. The van der Waals surface area contributed by atoms with Gasteiger partial charge in [0.2, 0.25) is 16.8 Å². The Hall–Kier alpha value is -3.84. The summed E-state index contributed by atoms with van der Waals surface area (Å²) in [5.41, 5.74) is 7.86. The van der Waals surface area contributed by atoms with Crippen molar-refractivity contribution in [3.05, 3.63) is 83.9 Å². The molecule has 12 heteroatoms. The molecule has 4 rings (SSSR count). The van der Waals surface area contributed by atoms with Crippen LogP contribution in [-0.2, 0) is 27.8 Å². The number of hydrogen-bond acceptors (Lipinski definition) is 9. The fourth-order valence-corrected chi connectivity index (χ4v) is 6.66. The van der Waals surface area contributed by atoms with Gasteiger partial charge in [0.05, 0.1) is 17.6 Å². The highest BCUT2D eigenvalue weighted by atomic mass is 32.2. The van der Waals surface area contributed by atoms with Crippen LogP contribution in [0.4, 0.5) is 4.79 Å². The van der Waals surface area contributed by atoms with Gasteiger partial charge in [-0.3, -0.25) is 0 Å². The van der Waals surface area contributed by atoms with Crippen LogP contribution in [0.25, 0.3) is 0 Å². The predicted molar refractivity (Wildman–Crippen MR) is 170 cm³/mol. The average Bonchev–Trinajstić information content (AvgIpc) is 3.51. The van der Waals surface area contributed by atoms with Gasteiger partial charge in [-0.25, -0.2) is 13.2 Å². The second kappa shape index (κ2) is 15.4. The minimum absolute atomic E-state index is 0.0153. The van der Waals surface area contributed by atoms with Crippen LogP contribution < -0.4 is 25.3 Å². The van der Waals surface area contributed by atoms with Crippen molar-refractivity contribution in [3.63, 3.8) is 0 Å². The van der Waals surface area contributed by atoms with Gasteiger partial charge < -0.3 is 35.1 Å². The molecule has 3 aromatic rings. The van der Waals surface area contributed by atoms with E-state index in [1.54, 1.807) is 6.07 Å². The highest BCUT2D eigenvalue weighted by Gasteiger charge is 2.34. The van der Waals surface area contributed by atoms with Crippen LogP contribution in [0.2, 0.25) is 0 Å². The van der Waals surface area contributed by atoms with E-state index in [1.807, 2.05) is 68.4 Å². The van der Waals surface area contributed by atoms with Crippen molar-refractivity contribution in [3.8, 4) is 17.2 Å². The molecular formula is C33H43N3O8S. The Labute approximate surface area is 265 Å². The van der Waals surface area contributed by atoms with E-state index in [1.165, 1.54) is 23.5 Å². The highest BCUT2D eigenvalue weighted by Crippen LogP contribution is 2.35.